The Hall–Kier alpha value is -2.28. The second-order valence-electron chi connectivity index (χ2n) is 4.40. The highest BCUT2D eigenvalue weighted by molar-refractivity contribution is 7.80. The third-order valence-electron chi connectivity index (χ3n) is 2.85. The Labute approximate surface area is 129 Å². The van der Waals surface area contributed by atoms with Gasteiger partial charge >= 0.3 is 0 Å². The second-order valence-corrected chi connectivity index (χ2v) is 4.81. The van der Waals surface area contributed by atoms with Gasteiger partial charge in [0.2, 0.25) is 0 Å². The van der Waals surface area contributed by atoms with Gasteiger partial charge in [0.15, 0.2) is 16.6 Å². The molecule has 0 bridgehead atoms. The van der Waals surface area contributed by atoms with Crippen LogP contribution >= 0.6 is 12.2 Å². The highest BCUT2D eigenvalue weighted by Gasteiger charge is 2.05. The van der Waals surface area contributed by atoms with Crippen molar-refractivity contribution in [2.45, 2.75) is 6.54 Å². The Morgan fingerprint density at radius 1 is 1.29 bits per heavy atom. The Bertz CT molecular complexity index is 627. The van der Waals surface area contributed by atoms with E-state index in [1.165, 1.54) is 0 Å². The van der Waals surface area contributed by atoms with Gasteiger partial charge in [0.05, 0.1) is 20.4 Å². The number of nitrogens with zero attached hydrogens (tertiary/aromatic N) is 2. The van der Waals surface area contributed by atoms with Gasteiger partial charge in [0, 0.05) is 37.1 Å². The van der Waals surface area contributed by atoms with Crippen molar-refractivity contribution >= 4 is 23.0 Å². The van der Waals surface area contributed by atoms with Crippen LogP contribution in [0.4, 0.5) is 5.69 Å². The van der Waals surface area contributed by atoms with E-state index in [1.54, 1.807) is 25.1 Å². The Balaban J connectivity index is 1.93. The minimum absolute atomic E-state index is 0.533. The molecule has 0 aliphatic carbocycles. The first-order valence-electron chi connectivity index (χ1n) is 6.36. The van der Waals surface area contributed by atoms with E-state index in [0.717, 1.165) is 11.3 Å². The van der Waals surface area contributed by atoms with Gasteiger partial charge in [-0.3, -0.25) is 4.68 Å². The molecule has 2 aromatic rings. The fourth-order valence-electron chi connectivity index (χ4n) is 1.83. The number of rotatable bonds is 5. The van der Waals surface area contributed by atoms with Crippen molar-refractivity contribution < 1.29 is 9.47 Å². The quantitative estimate of drug-likeness (QED) is 0.823. The molecule has 0 aliphatic heterocycles. The van der Waals surface area contributed by atoms with Crippen LogP contribution in [-0.4, -0.2) is 29.1 Å². The summed E-state index contributed by atoms with van der Waals surface area (Å²) in [5.74, 6) is 1.33. The molecule has 0 spiro atoms. The summed E-state index contributed by atoms with van der Waals surface area (Å²) in [7, 11) is 5.08. The first-order valence-corrected chi connectivity index (χ1v) is 6.77. The highest BCUT2D eigenvalue weighted by Crippen LogP contribution is 2.29. The van der Waals surface area contributed by atoms with Crippen LogP contribution in [0.25, 0.3) is 0 Å². The summed E-state index contributed by atoms with van der Waals surface area (Å²) in [4.78, 5) is 0. The van der Waals surface area contributed by atoms with Crippen molar-refractivity contribution in [2.24, 2.45) is 7.05 Å². The number of benzene rings is 1. The van der Waals surface area contributed by atoms with Crippen molar-refractivity contribution in [1.29, 1.82) is 0 Å². The van der Waals surface area contributed by atoms with Gasteiger partial charge in [-0.1, -0.05) is 0 Å². The lowest BCUT2D eigenvalue weighted by Crippen LogP contribution is -2.27. The number of ether oxygens (including phenoxy) is 2. The van der Waals surface area contributed by atoms with Gasteiger partial charge in [-0.2, -0.15) is 5.10 Å². The zero-order valence-electron chi connectivity index (χ0n) is 12.2. The Morgan fingerprint density at radius 2 is 2.05 bits per heavy atom. The second kappa shape index (κ2) is 6.94. The molecule has 21 heavy (non-hydrogen) atoms. The number of thiocarbonyl (C=S) groups is 1. The summed E-state index contributed by atoms with van der Waals surface area (Å²) in [5, 5.41) is 10.9. The first-order chi connectivity index (χ1) is 10.1. The molecular weight excluding hydrogens is 288 g/mol. The molecule has 0 radical (unpaired) electrons. The summed E-state index contributed by atoms with van der Waals surface area (Å²) in [6, 6.07) is 5.53. The van der Waals surface area contributed by atoms with Crippen LogP contribution in [-0.2, 0) is 13.6 Å². The van der Waals surface area contributed by atoms with E-state index < -0.39 is 0 Å². The molecule has 7 heteroatoms. The van der Waals surface area contributed by atoms with Gasteiger partial charge in [-0.05, 0) is 24.4 Å². The number of aromatic nitrogens is 2. The number of aryl methyl sites for hydroxylation is 1. The lowest BCUT2D eigenvalue weighted by molar-refractivity contribution is 0.355. The molecule has 112 valence electrons. The molecule has 1 heterocycles. The summed E-state index contributed by atoms with van der Waals surface area (Å²) < 4.78 is 12.2. The van der Waals surface area contributed by atoms with Gasteiger partial charge in [-0.25, -0.2) is 0 Å². The van der Waals surface area contributed by atoms with Crippen LogP contribution < -0.4 is 20.1 Å². The number of hydrogen-bond acceptors (Lipinski definition) is 4. The number of anilines is 1. The van der Waals surface area contributed by atoms with E-state index in [1.807, 2.05) is 31.4 Å². The molecule has 0 fully saturated rings. The number of nitrogens with one attached hydrogen (secondary N) is 2. The normalized spacial score (nSPS) is 10.0. The van der Waals surface area contributed by atoms with E-state index in [-0.39, 0.29) is 0 Å². The van der Waals surface area contributed by atoms with Crippen LogP contribution in [0.1, 0.15) is 5.56 Å². The van der Waals surface area contributed by atoms with Crippen molar-refractivity contribution in [2.75, 3.05) is 19.5 Å². The molecule has 0 saturated carbocycles. The maximum Gasteiger partial charge on any atom is 0.171 e. The molecule has 0 saturated heterocycles. The van der Waals surface area contributed by atoms with Gasteiger partial charge in [-0.15, -0.1) is 0 Å². The molecule has 1 aromatic heterocycles. The van der Waals surface area contributed by atoms with Crippen LogP contribution in [0.3, 0.4) is 0 Å². The van der Waals surface area contributed by atoms with Crippen LogP contribution in [0, 0.1) is 0 Å². The van der Waals surface area contributed by atoms with Gasteiger partial charge in [0.25, 0.3) is 0 Å². The smallest absolute Gasteiger partial charge is 0.171 e. The standard InChI is InChI=1S/C14H18N4O2S/c1-18-9-10(8-16-18)7-15-14(21)17-11-4-5-12(19-2)13(6-11)20-3/h4-6,8-9H,7H2,1-3H3,(H2,15,17,21). The SMILES string of the molecule is COc1ccc(NC(=S)NCc2cnn(C)c2)cc1OC. The Morgan fingerprint density at radius 3 is 2.67 bits per heavy atom. The largest absolute Gasteiger partial charge is 0.493 e. The summed E-state index contributed by atoms with van der Waals surface area (Å²) in [6.45, 7) is 0.618. The third kappa shape index (κ3) is 4.09. The zero-order valence-corrected chi connectivity index (χ0v) is 13.0. The summed E-state index contributed by atoms with van der Waals surface area (Å²) in [5.41, 5.74) is 1.89. The first kappa shape index (κ1) is 15.1. The van der Waals surface area contributed by atoms with E-state index >= 15 is 0 Å². The van der Waals surface area contributed by atoms with Crippen molar-refractivity contribution in [1.82, 2.24) is 15.1 Å². The zero-order chi connectivity index (χ0) is 15.2. The maximum atomic E-state index is 5.26. The Kier molecular flexibility index (Phi) is 4.99. The molecule has 0 aliphatic rings. The lowest BCUT2D eigenvalue weighted by Gasteiger charge is -2.12. The molecule has 0 amide bonds. The predicted octanol–water partition coefficient (Wildman–Crippen LogP) is 1.92. The fraction of sp³-hybridized carbons (Fsp3) is 0.286. The molecule has 2 N–H and O–H groups in total. The van der Waals surface area contributed by atoms with E-state index in [0.29, 0.717) is 23.2 Å². The minimum Gasteiger partial charge on any atom is -0.493 e. The lowest BCUT2D eigenvalue weighted by atomic mass is 10.3. The van der Waals surface area contributed by atoms with Crippen molar-refractivity contribution in [3.8, 4) is 11.5 Å². The van der Waals surface area contributed by atoms with E-state index in [4.69, 9.17) is 21.7 Å². The highest BCUT2D eigenvalue weighted by atomic mass is 32.1. The molecule has 2 rings (SSSR count). The van der Waals surface area contributed by atoms with E-state index in [2.05, 4.69) is 15.7 Å². The topological polar surface area (TPSA) is 60.3 Å². The summed E-state index contributed by atoms with van der Waals surface area (Å²) >= 11 is 5.26. The number of hydrogen-bond donors (Lipinski definition) is 2. The van der Waals surface area contributed by atoms with Crippen LogP contribution in [0.2, 0.25) is 0 Å². The molecule has 0 unspecified atom stereocenters. The summed E-state index contributed by atoms with van der Waals surface area (Å²) in [6.07, 6.45) is 3.73. The monoisotopic (exact) mass is 306 g/mol. The maximum absolute atomic E-state index is 5.26. The van der Waals surface area contributed by atoms with Crippen LogP contribution in [0.15, 0.2) is 30.6 Å². The molecule has 0 atom stereocenters. The van der Waals surface area contributed by atoms with E-state index in [9.17, 15) is 0 Å². The minimum atomic E-state index is 0.533. The van der Waals surface area contributed by atoms with Gasteiger partial charge in [0.1, 0.15) is 0 Å². The average molecular weight is 306 g/mol. The fourth-order valence-corrected chi connectivity index (χ4v) is 2.02. The third-order valence-corrected chi connectivity index (χ3v) is 3.10. The predicted molar refractivity (Wildman–Crippen MR) is 85.8 cm³/mol. The molecule has 1 aromatic carbocycles. The van der Waals surface area contributed by atoms with Gasteiger partial charge < -0.3 is 20.1 Å². The van der Waals surface area contributed by atoms with Crippen LogP contribution in [0.5, 0.6) is 11.5 Å². The van der Waals surface area contributed by atoms with Crippen molar-refractivity contribution in [3.05, 3.63) is 36.2 Å². The molecule has 6 nitrogen and oxygen atoms in total. The average Bonchev–Trinajstić information content (AvgIpc) is 2.90. The molecular formula is C14H18N4O2S. The number of methoxy groups -OCH3 is 2. The van der Waals surface area contributed by atoms with Crippen molar-refractivity contribution in [3.63, 3.8) is 0 Å².